The fourth-order valence-electron chi connectivity index (χ4n) is 1.21. The van der Waals surface area contributed by atoms with Gasteiger partial charge in [0.15, 0.2) is 0 Å². The van der Waals surface area contributed by atoms with Gasteiger partial charge in [-0.2, -0.15) is 4.74 Å². The molecule has 0 aliphatic heterocycles. The van der Waals surface area contributed by atoms with Crippen LogP contribution in [0.1, 0.15) is 16.6 Å². The molecule has 0 radical (unpaired) electrons. The first kappa shape index (κ1) is 11.8. The fraction of sp³-hybridized carbons (Fsp3) is 0.0909. The Bertz CT molecular complexity index is 589. The first-order chi connectivity index (χ1) is 8.56. The van der Waals surface area contributed by atoms with Crippen LogP contribution in [-0.2, 0) is 0 Å². The Balaban J connectivity index is 2.10. The number of ether oxygens (including phenoxy) is 1. The molecule has 92 valence electrons. The average molecular weight is 247 g/mol. The summed E-state index contributed by atoms with van der Waals surface area (Å²) in [5.41, 5.74) is 0.350. The van der Waals surface area contributed by atoms with E-state index in [1.165, 1.54) is 24.3 Å². The van der Waals surface area contributed by atoms with E-state index in [1.54, 1.807) is 6.92 Å². The lowest BCUT2D eigenvalue weighted by atomic mass is 10.3. The van der Waals surface area contributed by atoms with E-state index in [1.807, 2.05) is 0 Å². The number of carbonyl (C=O) groups excluding carboxylic acids is 1. The Morgan fingerprint density at radius 1 is 1.39 bits per heavy atom. The number of hydrogen-bond donors (Lipinski definition) is 0. The Morgan fingerprint density at radius 3 is 2.56 bits per heavy atom. The van der Waals surface area contributed by atoms with Gasteiger partial charge in [0.2, 0.25) is 11.6 Å². The summed E-state index contributed by atoms with van der Waals surface area (Å²) in [7, 11) is 0. The molecule has 0 bridgehead atoms. The number of esters is 1. The molecule has 0 amide bonds. The minimum absolute atomic E-state index is 0.223. The van der Waals surface area contributed by atoms with Crippen LogP contribution in [-0.4, -0.2) is 27.6 Å². The zero-order valence-electron chi connectivity index (χ0n) is 9.49. The Morgan fingerprint density at radius 2 is 2.06 bits per heavy atom. The van der Waals surface area contributed by atoms with Crippen molar-refractivity contribution >= 4 is 18.4 Å². The summed E-state index contributed by atoms with van der Waals surface area (Å²) in [5, 5.41) is 17.9. The maximum absolute atomic E-state index is 11.5. The van der Waals surface area contributed by atoms with Gasteiger partial charge in [0.25, 0.3) is 0 Å². The molecule has 0 saturated carbocycles. The van der Waals surface area contributed by atoms with Gasteiger partial charge in [-0.1, -0.05) is 0 Å². The monoisotopic (exact) mass is 247 g/mol. The van der Waals surface area contributed by atoms with Crippen LogP contribution in [0.25, 0.3) is 0 Å². The molecule has 0 spiro atoms. The highest BCUT2D eigenvalue weighted by molar-refractivity contribution is 5.85. The van der Waals surface area contributed by atoms with Crippen molar-refractivity contribution in [3.05, 3.63) is 41.3 Å². The van der Waals surface area contributed by atoms with E-state index in [4.69, 9.17) is 9.15 Å². The standard InChI is InChI=1S/C11H9N3O4/c1-7-12-13-10(17-7)11(15)18-9-5-3-8(4-6-9)14(2)16/h3-6H,2H2,1H3. The highest BCUT2D eigenvalue weighted by Crippen LogP contribution is 2.18. The average Bonchev–Trinajstić information content (AvgIpc) is 2.76. The number of benzene rings is 1. The van der Waals surface area contributed by atoms with Crippen LogP contribution < -0.4 is 4.74 Å². The van der Waals surface area contributed by atoms with E-state index in [0.29, 0.717) is 10.4 Å². The van der Waals surface area contributed by atoms with Gasteiger partial charge < -0.3 is 14.4 Å². The van der Waals surface area contributed by atoms with Gasteiger partial charge in [0.1, 0.15) is 12.5 Å². The summed E-state index contributed by atoms with van der Waals surface area (Å²) in [4.78, 5) is 11.5. The number of aryl methyl sites for hydroxylation is 1. The summed E-state index contributed by atoms with van der Waals surface area (Å²) < 4.78 is 10.3. The Kier molecular flexibility index (Phi) is 3.05. The summed E-state index contributed by atoms with van der Waals surface area (Å²) in [6.45, 7) is 4.75. The zero-order valence-corrected chi connectivity index (χ0v) is 9.49. The second-order valence-corrected chi connectivity index (χ2v) is 3.39. The van der Waals surface area contributed by atoms with E-state index >= 15 is 0 Å². The van der Waals surface area contributed by atoms with Crippen molar-refractivity contribution in [3.63, 3.8) is 0 Å². The lowest BCUT2D eigenvalue weighted by Crippen LogP contribution is -2.08. The molecule has 0 atom stereocenters. The maximum Gasteiger partial charge on any atom is 0.401 e. The van der Waals surface area contributed by atoms with Crippen LogP contribution in [0.3, 0.4) is 0 Å². The van der Waals surface area contributed by atoms with E-state index in [9.17, 15) is 10.0 Å². The molecular weight excluding hydrogens is 238 g/mol. The molecule has 0 N–H and O–H groups in total. The van der Waals surface area contributed by atoms with Crippen LogP contribution in [0.4, 0.5) is 5.69 Å². The predicted octanol–water partition coefficient (Wildman–Crippen LogP) is 1.44. The maximum atomic E-state index is 11.5. The van der Waals surface area contributed by atoms with Crippen molar-refractivity contribution in [2.75, 3.05) is 0 Å². The van der Waals surface area contributed by atoms with E-state index in [2.05, 4.69) is 16.9 Å². The molecule has 0 unspecified atom stereocenters. The van der Waals surface area contributed by atoms with E-state index in [-0.39, 0.29) is 17.5 Å². The first-order valence-electron chi connectivity index (χ1n) is 4.96. The summed E-state index contributed by atoms with van der Waals surface area (Å²) in [6, 6.07) is 5.88. The molecule has 2 aromatic rings. The summed E-state index contributed by atoms with van der Waals surface area (Å²) >= 11 is 0. The molecule has 0 aliphatic rings. The van der Waals surface area contributed by atoms with E-state index < -0.39 is 5.97 Å². The van der Waals surface area contributed by atoms with Crippen LogP contribution in [0.2, 0.25) is 0 Å². The molecule has 18 heavy (non-hydrogen) atoms. The SMILES string of the molecule is C=[N+]([O-])c1ccc(OC(=O)c2nnc(C)o2)cc1. The van der Waals surface area contributed by atoms with Gasteiger partial charge in [0, 0.05) is 19.1 Å². The van der Waals surface area contributed by atoms with Crippen molar-refractivity contribution in [3.8, 4) is 5.75 Å². The molecule has 0 fully saturated rings. The zero-order chi connectivity index (χ0) is 13.1. The van der Waals surface area contributed by atoms with Crippen LogP contribution in [0.15, 0.2) is 28.7 Å². The minimum atomic E-state index is -0.753. The van der Waals surface area contributed by atoms with Crippen molar-refractivity contribution < 1.29 is 18.7 Å². The van der Waals surface area contributed by atoms with Crippen molar-refractivity contribution in [1.29, 1.82) is 0 Å². The number of hydrogen-bond acceptors (Lipinski definition) is 6. The molecule has 1 heterocycles. The van der Waals surface area contributed by atoms with E-state index in [0.717, 1.165) is 0 Å². The highest BCUT2D eigenvalue weighted by atomic mass is 16.5. The van der Waals surface area contributed by atoms with Crippen LogP contribution in [0.5, 0.6) is 5.75 Å². The van der Waals surface area contributed by atoms with Gasteiger partial charge >= 0.3 is 11.9 Å². The normalized spacial score (nSPS) is 10.1. The molecular formula is C11H9N3O4. The first-order valence-corrected chi connectivity index (χ1v) is 4.96. The van der Waals surface area contributed by atoms with Gasteiger partial charge in [-0.05, 0) is 12.1 Å². The smallest absolute Gasteiger partial charge is 0.401 e. The highest BCUT2D eigenvalue weighted by Gasteiger charge is 2.16. The summed E-state index contributed by atoms with van der Waals surface area (Å²) in [5.74, 6) is -0.436. The molecule has 0 saturated heterocycles. The van der Waals surface area contributed by atoms with Crippen LogP contribution in [0, 0.1) is 12.1 Å². The second-order valence-electron chi connectivity index (χ2n) is 3.39. The number of rotatable bonds is 3. The predicted molar refractivity (Wildman–Crippen MR) is 60.8 cm³/mol. The van der Waals surface area contributed by atoms with Crippen molar-refractivity contribution in [2.45, 2.75) is 6.92 Å². The van der Waals surface area contributed by atoms with Crippen molar-refractivity contribution in [1.82, 2.24) is 10.2 Å². The lowest BCUT2D eigenvalue weighted by Gasteiger charge is -2.02. The third kappa shape index (κ3) is 2.51. The topological polar surface area (TPSA) is 91.3 Å². The number of nitrogens with zero attached hydrogens (tertiary/aromatic N) is 3. The third-order valence-electron chi connectivity index (χ3n) is 2.04. The quantitative estimate of drug-likeness (QED) is 0.203. The van der Waals surface area contributed by atoms with Gasteiger partial charge in [-0.25, -0.2) is 4.79 Å². The fourth-order valence-corrected chi connectivity index (χ4v) is 1.21. The molecule has 1 aromatic heterocycles. The van der Waals surface area contributed by atoms with Gasteiger partial charge in [-0.3, -0.25) is 0 Å². The minimum Gasteiger partial charge on any atom is -0.619 e. The Hall–Kier alpha value is -2.70. The molecule has 7 heteroatoms. The lowest BCUT2D eigenvalue weighted by molar-refractivity contribution is -0.349. The van der Waals surface area contributed by atoms with Gasteiger partial charge in [0.05, 0.1) is 0 Å². The number of aromatic nitrogens is 2. The van der Waals surface area contributed by atoms with Gasteiger partial charge in [-0.15, -0.1) is 10.2 Å². The van der Waals surface area contributed by atoms with Crippen molar-refractivity contribution in [2.24, 2.45) is 0 Å². The molecule has 0 aliphatic carbocycles. The largest absolute Gasteiger partial charge is 0.619 e. The number of carbonyl (C=O) groups is 1. The molecule has 7 nitrogen and oxygen atoms in total. The van der Waals surface area contributed by atoms with Crippen LogP contribution >= 0.6 is 0 Å². The third-order valence-corrected chi connectivity index (χ3v) is 2.04. The Labute approximate surface area is 102 Å². The summed E-state index contributed by atoms with van der Waals surface area (Å²) in [6.07, 6.45) is 0. The molecule has 1 aromatic carbocycles. The molecule has 2 rings (SSSR count). The second kappa shape index (κ2) is 4.66.